The first-order chi connectivity index (χ1) is 7.45. The summed E-state index contributed by atoms with van der Waals surface area (Å²) >= 11 is 3.13. The number of halogens is 1. The Kier molecular flexibility index (Phi) is 4.19. The second kappa shape index (κ2) is 5.22. The highest BCUT2D eigenvalue weighted by atomic mass is 79.9. The predicted molar refractivity (Wildman–Crippen MR) is 63.3 cm³/mol. The molecule has 0 aliphatic rings. The molecule has 1 aromatic rings. The van der Waals surface area contributed by atoms with Crippen LogP contribution in [0.4, 0.5) is 5.69 Å². The van der Waals surface area contributed by atoms with Crippen LogP contribution in [0, 0.1) is 16.0 Å². The van der Waals surface area contributed by atoms with Gasteiger partial charge in [-0.2, -0.15) is 0 Å². The first-order valence-electron chi connectivity index (χ1n) is 4.70. The van der Waals surface area contributed by atoms with Crippen molar-refractivity contribution >= 4 is 21.6 Å². The molecule has 6 nitrogen and oxygen atoms in total. The zero-order valence-corrected chi connectivity index (χ0v) is 10.3. The average Bonchev–Trinajstić information content (AvgIpc) is 2.22. The fraction of sp³-hybridized carbons (Fsp3) is 0.444. The minimum Gasteiger partial charge on any atom is -0.330 e. The highest BCUT2D eigenvalue weighted by molar-refractivity contribution is 9.10. The monoisotopic (exact) mass is 289 g/mol. The summed E-state index contributed by atoms with van der Waals surface area (Å²) in [4.78, 5) is 21.6. The summed E-state index contributed by atoms with van der Waals surface area (Å²) in [6, 6.07) is 1.20. The van der Waals surface area contributed by atoms with Crippen molar-refractivity contribution in [2.24, 2.45) is 11.7 Å². The molecule has 0 saturated heterocycles. The Hall–Kier alpha value is -1.21. The van der Waals surface area contributed by atoms with Crippen molar-refractivity contribution in [2.75, 3.05) is 6.54 Å². The van der Waals surface area contributed by atoms with E-state index < -0.39 is 16.2 Å². The number of nitrogens with zero attached hydrogens (tertiary/aromatic N) is 2. The minimum atomic E-state index is -0.684. The van der Waals surface area contributed by atoms with E-state index in [1.54, 1.807) is 0 Å². The SMILES string of the molecule is CC(CN)Cn1cc(Br)cc([N+](=O)[O-])c1=O. The van der Waals surface area contributed by atoms with Gasteiger partial charge in [0.05, 0.1) is 4.92 Å². The lowest BCUT2D eigenvalue weighted by Gasteiger charge is -2.10. The minimum absolute atomic E-state index is 0.0894. The molecule has 16 heavy (non-hydrogen) atoms. The lowest BCUT2D eigenvalue weighted by atomic mass is 10.2. The second-order valence-corrected chi connectivity index (χ2v) is 4.51. The number of nitro groups is 1. The van der Waals surface area contributed by atoms with E-state index in [1.165, 1.54) is 16.8 Å². The molecule has 2 N–H and O–H groups in total. The molecule has 1 rings (SSSR count). The largest absolute Gasteiger partial charge is 0.335 e. The van der Waals surface area contributed by atoms with Gasteiger partial charge in [0, 0.05) is 23.3 Å². The number of nitrogens with two attached hydrogens (primary N) is 1. The van der Waals surface area contributed by atoms with Crippen molar-refractivity contribution in [1.82, 2.24) is 4.57 Å². The highest BCUT2D eigenvalue weighted by Crippen LogP contribution is 2.14. The number of aromatic nitrogens is 1. The van der Waals surface area contributed by atoms with Crippen LogP contribution in [0.15, 0.2) is 21.5 Å². The first kappa shape index (κ1) is 12.9. The van der Waals surface area contributed by atoms with E-state index in [1.807, 2.05) is 6.92 Å². The molecule has 0 bridgehead atoms. The van der Waals surface area contributed by atoms with Gasteiger partial charge in [-0.1, -0.05) is 6.92 Å². The summed E-state index contributed by atoms with van der Waals surface area (Å²) in [5, 5.41) is 10.6. The van der Waals surface area contributed by atoms with Gasteiger partial charge >= 0.3 is 11.2 Å². The number of hydrogen-bond donors (Lipinski definition) is 1. The van der Waals surface area contributed by atoms with Crippen molar-refractivity contribution in [2.45, 2.75) is 13.5 Å². The van der Waals surface area contributed by atoms with E-state index in [0.717, 1.165) is 0 Å². The summed E-state index contributed by atoms with van der Waals surface area (Å²) in [5.41, 5.74) is 4.41. The van der Waals surface area contributed by atoms with Crippen LogP contribution in [-0.4, -0.2) is 16.0 Å². The lowest BCUT2D eigenvalue weighted by Crippen LogP contribution is -2.27. The van der Waals surface area contributed by atoms with Crippen molar-refractivity contribution in [3.63, 3.8) is 0 Å². The molecule has 0 aliphatic heterocycles. The van der Waals surface area contributed by atoms with E-state index in [4.69, 9.17) is 5.73 Å². The summed E-state index contributed by atoms with van der Waals surface area (Å²) in [7, 11) is 0. The zero-order chi connectivity index (χ0) is 12.3. The molecule has 0 aliphatic carbocycles. The maximum Gasteiger partial charge on any atom is 0.335 e. The van der Waals surface area contributed by atoms with E-state index in [9.17, 15) is 14.9 Å². The van der Waals surface area contributed by atoms with Gasteiger partial charge in [-0.15, -0.1) is 0 Å². The van der Waals surface area contributed by atoms with Gasteiger partial charge in [0.1, 0.15) is 0 Å². The quantitative estimate of drug-likeness (QED) is 0.664. The molecule has 0 aromatic carbocycles. The third-order valence-electron chi connectivity index (χ3n) is 2.14. The molecule has 0 saturated carbocycles. The van der Waals surface area contributed by atoms with Gasteiger partial charge in [-0.3, -0.25) is 14.9 Å². The fourth-order valence-corrected chi connectivity index (χ4v) is 1.72. The molecule has 1 aromatic heterocycles. The van der Waals surface area contributed by atoms with Gasteiger partial charge < -0.3 is 10.3 Å². The summed E-state index contributed by atoms with van der Waals surface area (Å²) in [6.07, 6.45) is 1.53. The lowest BCUT2D eigenvalue weighted by molar-refractivity contribution is -0.386. The van der Waals surface area contributed by atoms with Gasteiger partial charge in [0.25, 0.3) is 0 Å². The topological polar surface area (TPSA) is 91.2 Å². The Morgan fingerprint density at radius 2 is 2.31 bits per heavy atom. The zero-order valence-electron chi connectivity index (χ0n) is 8.72. The molecule has 1 heterocycles. The van der Waals surface area contributed by atoms with E-state index in [-0.39, 0.29) is 5.92 Å². The Morgan fingerprint density at radius 1 is 1.69 bits per heavy atom. The van der Waals surface area contributed by atoms with Crippen LogP contribution in [0.5, 0.6) is 0 Å². The molecule has 0 fully saturated rings. The molecule has 88 valence electrons. The van der Waals surface area contributed by atoms with Gasteiger partial charge in [-0.05, 0) is 28.4 Å². The number of pyridine rings is 1. The Morgan fingerprint density at radius 3 is 2.81 bits per heavy atom. The third-order valence-corrected chi connectivity index (χ3v) is 2.57. The van der Waals surface area contributed by atoms with Gasteiger partial charge in [0.15, 0.2) is 0 Å². The fourth-order valence-electron chi connectivity index (χ4n) is 1.26. The smallest absolute Gasteiger partial charge is 0.330 e. The van der Waals surface area contributed by atoms with Crippen LogP contribution in [0.25, 0.3) is 0 Å². The summed E-state index contributed by atoms with van der Waals surface area (Å²) < 4.78 is 1.81. The van der Waals surface area contributed by atoms with Gasteiger partial charge in [0.2, 0.25) is 0 Å². The van der Waals surface area contributed by atoms with Crippen LogP contribution in [0.3, 0.4) is 0 Å². The highest BCUT2D eigenvalue weighted by Gasteiger charge is 2.16. The van der Waals surface area contributed by atoms with Crippen LogP contribution < -0.4 is 11.3 Å². The molecule has 0 amide bonds. The maximum atomic E-state index is 11.7. The van der Waals surface area contributed by atoms with Crippen molar-refractivity contribution < 1.29 is 4.92 Å². The third kappa shape index (κ3) is 2.89. The molecular formula is C9H12BrN3O3. The predicted octanol–water partition coefficient (Wildman–Crippen LogP) is 1.11. The standard InChI is InChI=1S/C9H12BrN3O3/c1-6(3-11)4-12-5-7(10)2-8(9(12)14)13(15)16/h2,5-6H,3-4,11H2,1H3. The molecular weight excluding hydrogens is 278 g/mol. The molecule has 1 unspecified atom stereocenters. The Labute approximate surface area is 100 Å². The average molecular weight is 290 g/mol. The van der Waals surface area contributed by atoms with Crippen molar-refractivity contribution in [3.05, 3.63) is 37.2 Å². The van der Waals surface area contributed by atoms with Crippen LogP contribution in [0.2, 0.25) is 0 Å². The number of rotatable bonds is 4. The van der Waals surface area contributed by atoms with Crippen LogP contribution >= 0.6 is 15.9 Å². The van der Waals surface area contributed by atoms with Crippen LogP contribution in [-0.2, 0) is 6.54 Å². The first-order valence-corrected chi connectivity index (χ1v) is 5.49. The van der Waals surface area contributed by atoms with Crippen molar-refractivity contribution in [1.29, 1.82) is 0 Å². The Bertz CT molecular complexity index is 458. The van der Waals surface area contributed by atoms with Gasteiger partial charge in [-0.25, -0.2) is 0 Å². The van der Waals surface area contributed by atoms with E-state index in [2.05, 4.69) is 15.9 Å². The normalized spacial score (nSPS) is 12.4. The van der Waals surface area contributed by atoms with Crippen LogP contribution in [0.1, 0.15) is 6.92 Å². The van der Waals surface area contributed by atoms with Crippen molar-refractivity contribution in [3.8, 4) is 0 Å². The molecule has 0 spiro atoms. The second-order valence-electron chi connectivity index (χ2n) is 3.60. The van der Waals surface area contributed by atoms with E-state index in [0.29, 0.717) is 17.6 Å². The molecule has 0 radical (unpaired) electrons. The summed E-state index contributed by atoms with van der Waals surface area (Å²) in [5.74, 6) is 0.0894. The summed E-state index contributed by atoms with van der Waals surface area (Å²) in [6.45, 7) is 2.67. The van der Waals surface area contributed by atoms with E-state index >= 15 is 0 Å². The maximum absolute atomic E-state index is 11.7. The molecule has 7 heteroatoms. The Balaban J connectivity index is 3.19. The number of hydrogen-bond acceptors (Lipinski definition) is 4. The molecule has 1 atom stereocenters.